The molecule has 0 amide bonds. The Bertz CT molecular complexity index is 421. The fraction of sp³-hybridized carbons (Fsp3) is 0.944. The third kappa shape index (κ3) is 3.93. The molecule has 3 saturated heterocycles. The third-order valence-corrected chi connectivity index (χ3v) is 6.05. The molecule has 24 heavy (non-hydrogen) atoms. The van der Waals surface area contributed by atoms with Gasteiger partial charge in [0.05, 0.1) is 12.2 Å². The average molecular weight is 335 g/mol. The van der Waals surface area contributed by atoms with Crippen molar-refractivity contribution in [3.05, 3.63) is 0 Å². The molecule has 4 heterocycles. The quantitative estimate of drug-likeness (QED) is 0.524. The van der Waals surface area contributed by atoms with E-state index < -0.39 is 0 Å². The molecule has 4 aliphatic rings. The van der Waals surface area contributed by atoms with Gasteiger partial charge in [-0.1, -0.05) is 19.3 Å². The fourth-order valence-electron chi connectivity index (χ4n) is 4.62. The molecule has 6 nitrogen and oxygen atoms in total. The normalized spacial score (nSPS) is 41.3. The summed E-state index contributed by atoms with van der Waals surface area (Å²) in [5, 5.41) is 18.6. The number of hydrogen-bond donors (Lipinski definition) is 5. The molecule has 0 aromatic heterocycles. The molecule has 0 spiro atoms. The minimum atomic E-state index is 0.207. The zero-order valence-corrected chi connectivity index (χ0v) is 14.8. The van der Waals surface area contributed by atoms with Crippen molar-refractivity contribution < 1.29 is 0 Å². The van der Waals surface area contributed by atoms with Crippen LogP contribution in [-0.2, 0) is 0 Å². The second-order valence-corrected chi connectivity index (χ2v) is 7.86. The lowest BCUT2D eigenvalue weighted by Gasteiger charge is -2.43. The average Bonchev–Trinajstić information content (AvgIpc) is 2.70. The summed E-state index contributed by atoms with van der Waals surface area (Å²) in [7, 11) is 0. The van der Waals surface area contributed by atoms with Crippen molar-refractivity contribution in [2.45, 2.75) is 88.2 Å². The van der Waals surface area contributed by atoms with Gasteiger partial charge < -0.3 is 21.3 Å². The first-order valence-corrected chi connectivity index (χ1v) is 10.2. The van der Waals surface area contributed by atoms with E-state index in [2.05, 4.69) is 26.6 Å². The summed E-state index contributed by atoms with van der Waals surface area (Å²) in [6.45, 7) is 3.40. The number of hydrogen-bond acceptors (Lipinski definition) is 6. The highest BCUT2D eigenvalue weighted by Gasteiger charge is 2.35. The zero-order chi connectivity index (χ0) is 16.2. The molecule has 0 aromatic rings. The summed E-state index contributed by atoms with van der Waals surface area (Å²) >= 11 is 0. The first-order chi connectivity index (χ1) is 11.9. The lowest BCUT2D eigenvalue weighted by Crippen LogP contribution is -2.69. The fourth-order valence-corrected chi connectivity index (χ4v) is 4.62. The Hall–Kier alpha value is -0.690. The van der Waals surface area contributed by atoms with Crippen LogP contribution < -0.4 is 26.6 Å². The highest BCUT2D eigenvalue weighted by Crippen LogP contribution is 2.19. The Morgan fingerprint density at radius 3 is 2.00 bits per heavy atom. The van der Waals surface area contributed by atoms with Gasteiger partial charge in [0.2, 0.25) is 0 Å². The highest BCUT2D eigenvalue weighted by molar-refractivity contribution is 5.88. The second kappa shape index (κ2) is 8.13. The lowest BCUT2D eigenvalue weighted by molar-refractivity contribution is 0.224. The number of aliphatic imine (C=N–C) groups is 1. The monoisotopic (exact) mass is 334 g/mol. The molecule has 4 rings (SSSR count). The van der Waals surface area contributed by atoms with Crippen molar-refractivity contribution in [2.24, 2.45) is 4.99 Å². The summed E-state index contributed by atoms with van der Waals surface area (Å²) in [5.74, 6) is 1.20. The summed E-state index contributed by atoms with van der Waals surface area (Å²) < 4.78 is 0. The zero-order valence-electron chi connectivity index (χ0n) is 14.8. The number of rotatable bonds is 3. The Balaban J connectivity index is 1.49. The van der Waals surface area contributed by atoms with Crippen molar-refractivity contribution in [1.29, 1.82) is 0 Å². The minimum absolute atomic E-state index is 0.207. The largest absolute Gasteiger partial charge is 0.356 e. The highest BCUT2D eigenvalue weighted by atomic mass is 15.3. The van der Waals surface area contributed by atoms with Crippen LogP contribution in [0.3, 0.4) is 0 Å². The summed E-state index contributed by atoms with van der Waals surface area (Å²) in [6, 6.07) is 1.41. The van der Waals surface area contributed by atoms with Gasteiger partial charge in [-0.05, 0) is 58.2 Å². The molecule has 6 heteroatoms. The topological polar surface area (TPSA) is 72.5 Å². The van der Waals surface area contributed by atoms with Crippen molar-refractivity contribution in [3.8, 4) is 0 Å². The van der Waals surface area contributed by atoms with E-state index in [0.717, 1.165) is 19.6 Å². The van der Waals surface area contributed by atoms with E-state index in [1.54, 1.807) is 0 Å². The van der Waals surface area contributed by atoms with Crippen LogP contribution in [0.5, 0.6) is 0 Å². The summed E-state index contributed by atoms with van der Waals surface area (Å²) in [5.41, 5.74) is 0. The Morgan fingerprint density at radius 1 is 0.708 bits per heavy atom. The molecule has 3 fully saturated rings. The number of amidine groups is 1. The van der Waals surface area contributed by atoms with Crippen LogP contribution in [0.1, 0.15) is 57.8 Å². The van der Waals surface area contributed by atoms with Crippen molar-refractivity contribution in [2.75, 3.05) is 19.6 Å². The standard InChI is InChI=1S/C18H34N6/c1-4-10-19-13(7-1)16-22-17(14-8-2-5-11-20-14)24-18(23-16)15-9-3-6-12-21-15/h13-17,19-22H,1-12H2,(H,23,24). The van der Waals surface area contributed by atoms with E-state index in [-0.39, 0.29) is 6.17 Å². The number of nitrogens with one attached hydrogen (secondary N) is 5. The molecule has 0 aliphatic carbocycles. The van der Waals surface area contributed by atoms with Gasteiger partial charge in [0.1, 0.15) is 12.0 Å². The van der Waals surface area contributed by atoms with E-state index in [9.17, 15) is 0 Å². The molecule has 0 radical (unpaired) electrons. The molecule has 4 aliphatic heterocycles. The predicted octanol–water partition coefficient (Wildman–Crippen LogP) is 0.656. The van der Waals surface area contributed by atoms with Crippen molar-refractivity contribution in [3.63, 3.8) is 0 Å². The van der Waals surface area contributed by atoms with Gasteiger partial charge in [0, 0.05) is 12.1 Å². The first kappa shape index (κ1) is 16.8. The van der Waals surface area contributed by atoms with Gasteiger partial charge in [0.25, 0.3) is 0 Å². The van der Waals surface area contributed by atoms with Crippen LogP contribution in [0.4, 0.5) is 0 Å². The van der Waals surface area contributed by atoms with Crippen LogP contribution in [0.2, 0.25) is 0 Å². The molecule has 0 saturated carbocycles. The maximum absolute atomic E-state index is 5.12. The van der Waals surface area contributed by atoms with Crippen LogP contribution in [0.25, 0.3) is 0 Å². The molecular formula is C18H34N6. The van der Waals surface area contributed by atoms with E-state index >= 15 is 0 Å². The van der Waals surface area contributed by atoms with Gasteiger partial charge in [-0.15, -0.1) is 0 Å². The van der Waals surface area contributed by atoms with Crippen LogP contribution in [0, 0.1) is 0 Å². The maximum atomic E-state index is 5.12. The molecule has 0 aromatic carbocycles. The first-order valence-electron chi connectivity index (χ1n) is 10.2. The summed E-state index contributed by atoms with van der Waals surface area (Å²) in [4.78, 5) is 5.12. The maximum Gasteiger partial charge on any atom is 0.119 e. The number of piperidine rings is 3. The predicted molar refractivity (Wildman–Crippen MR) is 98.2 cm³/mol. The molecular weight excluding hydrogens is 300 g/mol. The van der Waals surface area contributed by atoms with Gasteiger partial charge in [0.15, 0.2) is 0 Å². The molecule has 5 unspecified atom stereocenters. The smallest absolute Gasteiger partial charge is 0.119 e. The van der Waals surface area contributed by atoms with Crippen LogP contribution >= 0.6 is 0 Å². The van der Waals surface area contributed by atoms with E-state index in [1.807, 2.05) is 0 Å². The van der Waals surface area contributed by atoms with Crippen molar-refractivity contribution in [1.82, 2.24) is 26.6 Å². The Kier molecular flexibility index (Phi) is 5.67. The Morgan fingerprint density at radius 2 is 1.38 bits per heavy atom. The van der Waals surface area contributed by atoms with Crippen LogP contribution in [-0.4, -0.2) is 55.9 Å². The van der Waals surface area contributed by atoms with Crippen LogP contribution in [0.15, 0.2) is 4.99 Å². The van der Waals surface area contributed by atoms with Gasteiger partial charge in [-0.2, -0.15) is 0 Å². The second-order valence-electron chi connectivity index (χ2n) is 7.86. The van der Waals surface area contributed by atoms with E-state index in [4.69, 9.17) is 4.99 Å². The van der Waals surface area contributed by atoms with E-state index in [0.29, 0.717) is 24.3 Å². The summed E-state index contributed by atoms with van der Waals surface area (Å²) in [6.07, 6.45) is 12.1. The molecule has 5 atom stereocenters. The third-order valence-electron chi connectivity index (χ3n) is 6.05. The van der Waals surface area contributed by atoms with Crippen molar-refractivity contribution >= 4 is 5.84 Å². The van der Waals surface area contributed by atoms with Gasteiger partial charge in [-0.25, -0.2) is 0 Å². The number of nitrogens with zero attached hydrogens (tertiary/aromatic N) is 1. The molecule has 5 N–H and O–H groups in total. The lowest BCUT2D eigenvalue weighted by atomic mass is 9.97. The van der Waals surface area contributed by atoms with Gasteiger partial charge >= 0.3 is 0 Å². The SMILES string of the molecule is C1CCC(C2=NC(C3CCCCN3)NC(C3CCCCN3)N2)NC1. The van der Waals surface area contributed by atoms with Gasteiger partial charge in [-0.3, -0.25) is 10.3 Å². The molecule has 136 valence electrons. The van der Waals surface area contributed by atoms with E-state index in [1.165, 1.54) is 63.6 Å². The molecule has 0 bridgehead atoms. The minimum Gasteiger partial charge on any atom is -0.356 e. The Labute approximate surface area is 146 Å².